The molecule has 0 unspecified atom stereocenters. The van der Waals surface area contributed by atoms with Crippen LogP contribution in [0, 0.1) is 6.92 Å². The summed E-state index contributed by atoms with van der Waals surface area (Å²) in [7, 11) is 7.44. The minimum atomic E-state index is -0.224. The standard InChI is InChI=1S/C19H24N8O/c1-13-15(11-21-27(13)14-9-7-6-8-10-14)17(28)20-12-16-22-18(25(2)3)24-19(23-16)26(4)5/h6-11H,12H2,1-5H3,(H,20,28). The van der Waals surface area contributed by atoms with Crippen molar-refractivity contribution < 1.29 is 4.79 Å². The van der Waals surface area contributed by atoms with Crippen molar-refractivity contribution in [2.45, 2.75) is 13.5 Å². The molecule has 2 aromatic heterocycles. The van der Waals surface area contributed by atoms with Gasteiger partial charge in [-0.3, -0.25) is 4.79 Å². The lowest BCUT2D eigenvalue weighted by atomic mass is 10.2. The molecule has 2 heterocycles. The number of hydrogen-bond acceptors (Lipinski definition) is 7. The van der Waals surface area contributed by atoms with Gasteiger partial charge in [-0.1, -0.05) is 18.2 Å². The van der Waals surface area contributed by atoms with Crippen molar-refractivity contribution in [3.63, 3.8) is 0 Å². The smallest absolute Gasteiger partial charge is 0.255 e. The van der Waals surface area contributed by atoms with Gasteiger partial charge in [-0.15, -0.1) is 0 Å². The SMILES string of the molecule is Cc1c(C(=O)NCc2nc(N(C)C)nc(N(C)C)n2)cnn1-c1ccccc1. The second-order valence-electron chi connectivity index (χ2n) is 6.71. The van der Waals surface area contributed by atoms with Gasteiger partial charge in [0.25, 0.3) is 5.91 Å². The molecule has 0 saturated carbocycles. The Balaban J connectivity index is 1.77. The molecule has 146 valence electrons. The topological polar surface area (TPSA) is 92.1 Å². The van der Waals surface area contributed by atoms with Crippen LogP contribution >= 0.6 is 0 Å². The number of amides is 1. The maximum atomic E-state index is 12.7. The first-order chi connectivity index (χ1) is 13.4. The molecule has 3 aromatic rings. The average molecular weight is 380 g/mol. The van der Waals surface area contributed by atoms with Crippen molar-refractivity contribution in [2.75, 3.05) is 38.0 Å². The minimum absolute atomic E-state index is 0.193. The van der Waals surface area contributed by atoms with Gasteiger partial charge in [0.15, 0.2) is 5.82 Å². The van der Waals surface area contributed by atoms with Crippen molar-refractivity contribution >= 4 is 17.8 Å². The van der Waals surface area contributed by atoms with Crippen LogP contribution in [0.2, 0.25) is 0 Å². The van der Waals surface area contributed by atoms with Gasteiger partial charge in [0, 0.05) is 28.2 Å². The molecule has 0 aliphatic rings. The maximum absolute atomic E-state index is 12.7. The van der Waals surface area contributed by atoms with Crippen LogP contribution in [-0.2, 0) is 6.54 Å². The van der Waals surface area contributed by atoms with Crippen molar-refractivity contribution in [1.29, 1.82) is 0 Å². The Morgan fingerprint density at radius 1 is 1.00 bits per heavy atom. The van der Waals surface area contributed by atoms with Crippen LogP contribution in [0.1, 0.15) is 21.9 Å². The molecular weight excluding hydrogens is 356 g/mol. The molecule has 9 heteroatoms. The Morgan fingerprint density at radius 2 is 1.61 bits per heavy atom. The predicted molar refractivity (Wildman–Crippen MR) is 108 cm³/mol. The lowest BCUT2D eigenvalue weighted by Gasteiger charge is -2.16. The highest BCUT2D eigenvalue weighted by Gasteiger charge is 2.16. The third kappa shape index (κ3) is 4.08. The Kier molecular flexibility index (Phi) is 5.53. The molecule has 0 aliphatic heterocycles. The number of carbonyl (C=O) groups is 1. The molecule has 0 bridgehead atoms. The summed E-state index contributed by atoms with van der Waals surface area (Å²) in [5.41, 5.74) is 2.18. The summed E-state index contributed by atoms with van der Waals surface area (Å²) < 4.78 is 1.74. The van der Waals surface area contributed by atoms with Gasteiger partial charge in [0.2, 0.25) is 11.9 Å². The largest absolute Gasteiger partial charge is 0.347 e. The van der Waals surface area contributed by atoms with Gasteiger partial charge < -0.3 is 15.1 Å². The zero-order valence-corrected chi connectivity index (χ0v) is 16.7. The highest BCUT2D eigenvalue weighted by Crippen LogP contribution is 2.14. The van der Waals surface area contributed by atoms with E-state index in [1.165, 1.54) is 0 Å². The van der Waals surface area contributed by atoms with Crippen LogP contribution < -0.4 is 15.1 Å². The highest BCUT2D eigenvalue weighted by molar-refractivity contribution is 5.95. The number of benzene rings is 1. The molecule has 0 aliphatic carbocycles. The number of carbonyl (C=O) groups excluding carboxylic acids is 1. The molecule has 0 atom stereocenters. The highest BCUT2D eigenvalue weighted by atomic mass is 16.1. The third-order valence-corrected chi connectivity index (χ3v) is 4.12. The fourth-order valence-electron chi connectivity index (χ4n) is 2.59. The molecule has 0 radical (unpaired) electrons. The van der Waals surface area contributed by atoms with Gasteiger partial charge in [-0.2, -0.15) is 20.1 Å². The zero-order valence-electron chi connectivity index (χ0n) is 16.7. The number of anilines is 2. The van der Waals surface area contributed by atoms with Crippen molar-refractivity contribution in [1.82, 2.24) is 30.0 Å². The average Bonchev–Trinajstić information content (AvgIpc) is 3.08. The fraction of sp³-hybridized carbons (Fsp3) is 0.316. The predicted octanol–water partition coefficient (Wildman–Crippen LogP) is 1.43. The Morgan fingerprint density at radius 3 is 2.18 bits per heavy atom. The number of nitrogens with zero attached hydrogens (tertiary/aromatic N) is 7. The lowest BCUT2D eigenvalue weighted by Crippen LogP contribution is -2.26. The Hall–Kier alpha value is -3.49. The van der Waals surface area contributed by atoms with Gasteiger partial charge in [-0.05, 0) is 19.1 Å². The summed E-state index contributed by atoms with van der Waals surface area (Å²) in [4.78, 5) is 29.4. The summed E-state index contributed by atoms with van der Waals surface area (Å²) in [5.74, 6) is 1.34. The van der Waals surface area contributed by atoms with E-state index in [4.69, 9.17) is 0 Å². The van der Waals surface area contributed by atoms with Gasteiger partial charge in [-0.25, -0.2) is 4.68 Å². The molecule has 0 saturated heterocycles. The summed E-state index contributed by atoms with van der Waals surface area (Å²) in [6, 6.07) is 9.69. The van der Waals surface area contributed by atoms with E-state index in [1.807, 2.05) is 65.4 Å². The van der Waals surface area contributed by atoms with Crippen LogP contribution in [-0.4, -0.2) is 58.8 Å². The Labute approximate surface area is 164 Å². The van der Waals surface area contributed by atoms with Gasteiger partial charge >= 0.3 is 0 Å². The number of aromatic nitrogens is 5. The van der Waals surface area contributed by atoms with Crippen LogP contribution in [0.25, 0.3) is 5.69 Å². The molecule has 28 heavy (non-hydrogen) atoms. The van der Waals surface area contributed by atoms with E-state index >= 15 is 0 Å². The Bertz CT molecular complexity index is 939. The first-order valence-electron chi connectivity index (χ1n) is 8.84. The summed E-state index contributed by atoms with van der Waals surface area (Å²) >= 11 is 0. The van der Waals surface area contributed by atoms with Crippen LogP contribution in [0.5, 0.6) is 0 Å². The van der Waals surface area contributed by atoms with Crippen LogP contribution in [0.3, 0.4) is 0 Å². The number of rotatable bonds is 6. The van der Waals surface area contributed by atoms with Crippen LogP contribution in [0.4, 0.5) is 11.9 Å². The number of hydrogen-bond donors (Lipinski definition) is 1. The summed E-state index contributed by atoms with van der Waals surface area (Å²) in [6.45, 7) is 2.06. The monoisotopic (exact) mass is 380 g/mol. The van der Waals surface area contributed by atoms with Crippen LogP contribution in [0.15, 0.2) is 36.5 Å². The third-order valence-electron chi connectivity index (χ3n) is 4.12. The van der Waals surface area contributed by atoms with Crippen molar-refractivity contribution in [3.8, 4) is 5.69 Å². The summed E-state index contributed by atoms with van der Waals surface area (Å²) in [5, 5.41) is 7.21. The molecule has 1 N–H and O–H groups in total. The van der Waals surface area contributed by atoms with Crippen molar-refractivity contribution in [3.05, 3.63) is 53.6 Å². The molecule has 3 rings (SSSR count). The quantitative estimate of drug-likeness (QED) is 0.691. The maximum Gasteiger partial charge on any atom is 0.255 e. The second-order valence-corrected chi connectivity index (χ2v) is 6.71. The lowest BCUT2D eigenvalue weighted by molar-refractivity contribution is 0.0949. The molecule has 9 nitrogen and oxygen atoms in total. The second kappa shape index (κ2) is 8.03. The molecule has 1 amide bonds. The minimum Gasteiger partial charge on any atom is -0.347 e. The molecule has 0 spiro atoms. The first kappa shape index (κ1) is 19.3. The summed E-state index contributed by atoms with van der Waals surface area (Å²) in [6.07, 6.45) is 1.57. The zero-order chi connectivity index (χ0) is 20.3. The molecule has 0 fully saturated rings. The van der Waals surface area contributed by atoms with E-state index in [0.717, 1.165) is 11.4 Å². The van der Waals surface area contributed by atoms with E-state index in [0.29, 0.717) is 23.3 Å². The normalized spacial score (nSPS) is 10.6. The fourth-order valence-corrected chi connectivity index (χ4v) is 2.59. The number of para-hydroxylation sites is 1. The molecule has 1 aromatic carbocycles. The van der Waals surface area contributed by atoms with Crippen molar-refractivity contribution in [2.24, 2.45) is 0 Å². The van der Waals surface area contributed by atoms with E-state index in [-0.39, 0.29) is 12.5 Å². The van der Waals surface area contributed by atoms with Gasteiger partial charge in [0.05, 0.1) is 29.7 Å². The number of nitrogens with one attached hydrogen (secondary N) is 1. The van der Waals surface area contributed by atoms with Gasteiger partial charge in [0.1, 0.15) is 0 Å². The first-order valence-corrected chi connectivity index (χ1v) is 8.84. The van der Waals surface area contributed by atoms with E-state index in [9.17, 15) is 4.79 Å². The van der Waals surface area contributed by atoms with E-state index in [1.54, 1.807) is 20.7 Å². The molecular formula is C19H24N8O. The van der Waals surface area contributed by atoms with E-state index in [2.05, 4.69) is 25.4 Å². The van der Waals surface area contributed by atoms with E-state index < -0.39 is 0 Å².